The maximum absolute atomic E-state index is 13.0. The molecular formula is C31H26ClN3O2S3. The van der Waals surface area contributed by atoms with Crippen molar-refractivity contribution in [1.29, 1.82) is 0 Å². The standard InChI is InChI=1S/C31H26ClN3O2S3/c1-19-30(40-28(33-19)16-20-3-9-23(32)10-4-20)31-35(29(36)18-39-31)24-11-7-22(8-12-24)26-17-38-27(34-26)15-21-5-13-25(37-2)14-6-21/h3-14,17,31H,15-16,18H2,1-2H3. The van der Waals surface area contributed by atoms with Crippen LogP contribution in [0.25, 0.3) is 11.3 Å². The number of carbonyl (C=O) groups is 1. The van der Waals surface area contributed by atoms with Gasteiger partial charge in [0.1, 0.15) is 11.1 Å². The third-order valence-corrected chi connectivity index (χ3v) is 10.4. The molecule has 0 N–H and O–H groups in total. The third-order valence-electron chi connectivity index (χ3n) is 6.74. The Balaban J connectivity index is 1.18. The summed E-state index contributed by atoms with van der Waals surface area (Å²) in [5.41, 5.74) is 6.23. The Bertz CT molecular complexity index is 1630. The zero-order chi connectivity index (χ0) is 27.6. The van der Waals surface area contributed by atoms with Crippen molar-refractivity contribution in [2.24, 2.45) is 0 Å². The van der Waals surface area contributed by atoms with Gasteiger partial charge in [0.05, 0.1) is 39.1 Å². The molecule has 40 heavy (non-hydrogen) atoms. The van der Waals surface area contributed by atoms with Crippen molar-refractivity contribution >= 4 is 57.6 Å². The van der Waals surface area contributed by atoms with Crippen LogP contribution in [0.1, 0.15) is 37.1 Å². The number of carbonyl (C=O) groups excluding carboxylic acids is 1. The molecule has 0 radical (unpaired) electrons. The molecule has 5 nitrogen and oxygen atoms in total. The quantitative estimate of drug-likeness (QED) is 0.179. The van der Waals surface area contributed by atoms with E-state index in [4.69, 9.17) is 26.3 Å². The average molecular weight is 604 g/mol. The van der Waals surface area contributed by atoms with Crippen molar-refractivity contribution in [1.82, 2.24) is 9.97 Å². The zero-order valence-corrected chi connectivity index (χ0v) is 25.2. The zero-order valence-electron chi connectivity index (χ0n) is 22.0. The molecule has 0 bridgehead atoms. The highest BCUT2D eigenvalue weighted by Gasteiger charge is 2.36. The fourth-order valence-electron chi connectivity index (χ4n) is 4.68. The number of hydrogen-bond acceptors (Lipinski definition) is 7. The molecule has 1 fully saturated rings. The molecule has 0 aliphatic carbocycles. The fourth-order valence-corrected chi connectivity index (χ4v) is 8.22. The summed E-state index contributed by atoms with van der Waals surface area (Å²) in [6.07, 6.45) is 1.53. The van der Waals surface area contributed by atoms with Gasteiger partial charge in [0, 0.05) is 34.5 Å². The van der Waals surface area contributed by atoms with E-state index in [0.29, 0.717) is 5.75 Å². The molecular weight excluding hydrogens is 578 g/mol. The first kappa shape index (κ1) is 27.0. The second-order valence-corrected chi connectivity index (χ2v) is 13.0. The van der Waals surface area contributed by atoms with Gasteiger partial charge in [0.25, 0.3) is 0 Å². The number of benzene rings is 3. The van der Waals surface area contributed by atoms with E-state index in [2.05, 4.69) is 29.6 Å². The van der Waals surface area contributed by atoms with E-state index in [0.717, 1.165) is 61.1 Å². The fraction of sp³-hybridized carbons (Fsp3) is 0.194. The van der Waals surface area contributed by atoms with Gasteiger partial charge >= 0.3 is 0 Å². The van der Waals surface area contributed by atoms with Gasteiger partial charge in [0.15, 0.2) is 0 Å². The van der Waals surface area contributed by atoms with Crippen LogP contribution in [0.5, 0.6) is 5.75 Å². The molecule has 6 rings (SSSR count). The van der Waals surface area contributed by atoms with Crippen molar-refractivity contribution in [2.45, 2.75) is 25.1 Å². The minimum absolute atomic E-state index is 0.0785. The number of ether oxygens (including phenoxy) is 1. The van der Waals surface area contributed by atoms with Crippen LogP contribution < -0.4 is 9.64 Å². The van der Waals surface area contributed by atoms with Crippen LogP contribution in [-0.4, -0.2) is 28.7 Å². The predicted octanol–water partition coefficient (Wildman–Crippen LogP) is 8.20. The Labute approximate surface area is 250 Å². The maximum Gasteiger partial charge on any atom is 0.238 e. The highest BCUT2D eigenvalue weighted by molar-refractivity contribution is 8.01. The number of methoxy groups -OCH3 is 1. The molecule has 1 unspecified atom stereocenters. The van der Waals surface area contributed by atoms with Gasteiger partial charge in [-0.2, -0.15) is 0 Å². The van der Waals surface area contributed by atoms with Crippen LogP contribution in [0.3, 0.4) is 0 Å². The monoisotopic (exact) mass is 603 g/mol. The average Bonchev–Trinajstić information content (AvgIpc) is 3.69. The lowest BCUT2D eigenvalue weighted by Gasteiger charge is -2.23. The van der Waals surface area contributed by atoms with Gasteiger partial charge < -0.3 is 4.74 Å². The van der Waals surface area contributed by atoms with E-state index in [1.165, 1.54) is 11.1 Å². The van der Waals surface area contributed by atoms with Crippen LogP contribution in [0.15, 0.2) is 78.2 Å². The first-order chi connectivity index (χ1) is 19.5. The summed E-state index contributed by atoms with van der Waals surface area (Å²) in [7, 11) is 1.67. The summed E-state index contributed by atoms with van der Waals surface area (Å²) in [6.45, 7) is 2.04. The molecule has 1 aliphatic rings. The molecule has 202 valence electrons. The molecule has 0 saturated carbocycles. The molecule has 2 aromatic heterocycles. The number of nitrogens with zero attached hydrogens (tertiary/aromatic N) is 3. The summed E-state index contributed by atoms with van der Waals surface area (Å²) < 4.78 is 5.25. The smallest absolute Gasteiger partial charge is 0.238 e. The van der Waals surface area contributed by atoms with Crippen LogP contribution in [0.4, 0.5) is 5.69 Å². The molecule has 5 aromatic rings. The van der Waals surface area contributed by atoms with Gasteiger partial charge in [-0.05, 0) is 54.4 Å². The second kappa shape index (κ2) is 11.7. The van der Waals surface area contributed by atoms with E-state index in [1.54, 1.807) is 41.5 Å². The van der Waals surface area contributed by atoms with Gasteiger partial charge in [-0.1, -0.05) is 48.0 Å². The van der Waals surface area contributed by atoms with Gasteiger partial charge in [-0.15, -0.1) is 34.4 Å². The normalized spacial score (nSPS) is 15.1. The highest BCUT2D eigenvalue weighted by Crippen LogP contribution is 2.45. The molecule has 1 amide bonds. The van der Waals surface area contributed by atoms with E-state index in [9.17, 15) is 4.79 Å². The number of aromatic nitrogens is 2. The summed E-state index contributed by atoms with van der Waals surface area (Å²) in [5, 5.41) is 4.84. The number of aryl methyl sites for hydroxylation is 1. The highest BCUT2D eigenvalue weighted by atomic mass is 35.5. The van der Waals surface area contributed by atoms with Crippen molar-refractivity contribution < 1.29 is 9.53 Å². The lowest BCUT2D eigenvalue weighted by Crippen LogP contribution is -2.27. The molecule has 1 atom stereocenters. The Hall–Kier alpha value is -3.17. The predicted molar refractivity (Wildman–Crippen MR) is 167 cm³/mol. The second-order valence-electron chi connectivity index (χ2n) is 9.49. The van der Waals surface area contributed by atoms with E-state index >= 15 is 0 Å². The maximum atomic E-state index is 13.0. The van der Waals surface area contributed by atoms with Crippen molar-refractivity contribution in [3.05, 3.63) is 115 Å². The Kier molecular flexibility index (Phi) is 7.94. The van der Waals surface area contributed by atoms with Gasteiger partial charge in [-0.3, -0.25) is 9.69 Å². The molecule has 9 heteroatoms. The van der Waals surface area contributed by atoms with Crippen LogP contribution in [-0.2, 0) is 17.6 Å². The van der Waals surface area contributed by atoms with Crippen molar-refractivity contribution in [2.75, 3.05) is 17.8 Å². The van der Waals surface area contributed by atoms with Crippen molar-refractivity contribution in [3.63, 3.8) is 0 Å². The Morgan fingerprint density at radius 2 is 1.60 bits per heavy atom. The number of hydrogen-bond donors (Lipinski definition) is 0. The van der Waals surface area contributed by atoms with Gasteiger partial charge in [-0.25, -0.2) is 9.97 Å². The topological polar surface area (TPSA) is 55.3 Å². The first-order valence-electron chi connectivity index (χ1n) is 12.8. The minimum atomic E-state index is -0.0785. The van der Waals surface area contributed by atoms with E-state index in [-0.39, 0.29) is 11.3 Å². The largest absolute Gasteiger partial charge is 0.497 e. The van der Waals surface area contributed by atoms with E-state index < -0.39 is 0 Å². The van der Waals surface area contributed by atoms with E-state index in [1.807, 2.05) is 60.4 Å². The molecule has 3 heterocycles. The summed E-state index contributed by atoms with van der Waals surface area (Å²) in [5.74, 6) is 1.42. The molecule has 1 saturated heterocycles. The molecule has 3 aromatic carbocycles. The minimum Gasteiger partial charge on any atom is -0.497 e. The first-order valence-corrected chi connectivity index (χ1v) is 15.9. The third kappa shape index (κ3) is 5.81. The van der Waals surface area contributed by atoms with Crippen molar-refractivity contribution in [3.8, 4) is 17.0 Å². The summed E-state index contributed by atoms with van der Waals surface area (Å²) in [4.78, 5) is 25.8. The summed E-state index contributed by atoms with van der Waals surface area (Å²) in [6, 6.07) is 24.1. The lowest BCUT2D eigenvalue weighted by atomic mass is 10.1. The number of amides is 1. The number of thiazole rings is 2. The summed E-state index contributed by atoms with van der Waals surface area (Å²) >= 11 is 11.0. The molecule has 1 aliphatic heterocycles. The van der Waals surface area contributed by atoms with Crippen LogP contribution in [0, 0.1) is 6.92 Å². The molecule has 0 spiro atoms. The SMILES string of the molecule is COc1ccc(Cc2nc(-c3ccc(N4C(=O)CSC4c4sc(Cc5ccc(Cl)cc5)nc4C)cc3)cs2)cc1. The number of anilines is 1. The Morgan fingerprint density at radius 3 is 2.30 bits per heavy atom. The number of thioether (sulfide) groups is 1. The lowest BCUT2D eigenvalue weighted by molar-refractivity contribution is -0.115. The number of rotatable bonds is 8. The van der Waals surface area contributed by atoms with Crippen LogP contribution in [0.2, 0.25) is 5.02 Å². The van der Waals surface area contributed by atoms with Gasteiger partial charge in [0.2, 0.25) is 5.91 Å². The Morgan fingerprint density at radius 1 is 0.925 bits per heavy atom. The van der Waals surface area contributed by atoms with Crippen LogP contribution >= 0.6 is 46.0 Å². The number of halogens is 1.